The molecule has 0 spiro atoms. The van der Waals surface area contributed by atoms with E-state index in [1.807, 2.05) is 12.1 Å². The van der Waals surface area contributed by atoms with Gasteiger partial charge in [0, 0.05) is 11.0 Å². The zero-order valence-corrected chi connectivity index (χ0v) is 9.58. The van der Waals surface area contributed by atoms with Crippen LogP contribution < -0.4 is 5.73 Å². The molecular weight excluding hydrogens is 228 g/mol. The largest absolute Gasteiger partial charge is 0.383 e. The highest BCUT2D eigenvalue weighted by atomic mass is 79.9. The molecule has 0 aliphatic rings. The summed E-state index contributed by atoms with van der Waals surface area (Å²) in [5.74, 6) is 1.12. The van der Waals surface area contributed by atoms with Crippen LogP contribution in [0.25, 0.3) is 0 Å². The number of anilines is 1. The number of nitrogens with two attached hydrogens (primary N) is 1. The van der Waals surface area contributed by atoms with Gasteiger partial charge in [-0.25, -0.2) is 4.98 Å². The summed E-state index contributed by atoms with van der Waals surface area (Å²) in [5.41, 5.74) is 6.92. The lowest BCUT2D eigenvalue weighted by Gasteiger charge is -2.14. The molecule has 3 heteroatoms. The molecule has 1 aromatic heterocycles. The Bertz CT molecular complexity index is 273. The van der Waals surface area contributed by atoms with E-state index in [0.29, 0.717) is 16.6 Å². The summed E-state index contributed by atoms with van der Waals surface area (Å²) in [7, 11) is 0. The maximum absolute atomic E-state index is 5.77. The molecule has 2 atom stereocenters. The van der Waals surface area contributed by atoms with Crippen molar-refractivity contribution in [3.05, 3.63) is 23.9 Å². The van der Waals surface area contributed by atoms with Crippen molar-refractivity contribution in [2.75, 3.05) is 5.73 Å². The lowest BCUT2D eigenvalue weighted by molar-refractivity contribution is 0.681. The van der Waals surface area contributed by atoms with Gasteiger partial charge in [-0.15, -0.1) is 0 Å². The molecule has 0 aliphatic heterocycles. The highest BCUT2D eigenvalue weighted by Crippen LogP contribution is 2.26. The van der Waals surface area contributed by atoms with Crippen molar-refractivity contribution in [1.29, 1.82) is 0 Å². The standard InChI is InChI=1S/C10H15BrN2/c1-7(6-8(2)11)9-4-3-5-13-10(9)12/h3-5,7-8H,6H2,1-2H3,(H2,12,13). The summed E-state index contributed by atoms with van der Waals surface area (Å²) in [4.78, 5) is 4.59. The molecule has 1 heterocycles. The summed E-state index contributed by atoms with van der Waals surface area (Å²) >= 11 is 3.54. The second-order valence-electron chi connectivity index (χ2n) is 3.40. The van der Waals surface area contributed by atoms with Crippen LogP contribution in [0.15, 0.2) is 18.3 Å². The van der Waals surface area contributed by atoms with Gasteiger partial charge >= 0.3 is 0 Å². The Morgan fingerprint density at radius 1 is 1.54 bits per heavy atom. The monoisotopic (exact) mass is 242 g/mol. The number of alkyl halides is 1. The molecule has 0 bridgehead atoms. The Kier molecular flexibility index (Phi) is 3.72. The third-order valence-corrected chi connectivity index (χ3v) is 2.45. The smallest absolute Gasteiger partial charge is 0.126 e. The second-order valence-corrected chi connectivity index (χ2v) is 4.96. The highest BCUT2D eigenvalue weighted by Gasteiger charge is 2.11. The number of halogens is 1. The zero-order valence-electron chi connectivity index (χ0n) is 8.00. The maximum atomic E-state index is 5.77. The van der Waals surface area contributed by atoms with E-state index >= 15 is 0 Å². The average Bonchev–Trinajstić information content (AvgIpc) is 2.03. The number of hydrogen-bond donors (Lipinski definition) is 1. The third kappa shape index (κ3) is 2.99. The minimum Gasteiger partial charge on any atom is -0.383 e. The fraction of sp³-hybridized carbons (Fsp3) is 0.500. The minimum atomic E-state index is 0.461. The van der Waals surface area contributed by atoms with Crippen LogP contribution in [-0.2, 0) is 0 Å². The molecule has 0 saturated carbocycles. The molecule has 1 rings (SSSR count). The summed E-state index contributed by atoms with van der Waals surface area (Å²) < 4.78 is 0. The van der Waals surface area contributed by atoms with Gasteiger partial charge in [0.2, 0.25) is 0 Å². The first-order chi connectivity index (χ1) is 6.11. The summed E-state index contributed by atoms with van der Waals surface area (Å²) in [6.07, 6.45) is 2.80. The highest BCUT2D eigenvalue weighted by molar-refractivity contribution is 9.09. The van der Waals surface area contributed by atoms with Crippen LogP contribution in [0.5, 0.6) is 0 Å². The van der Waals surface area contributed by atoms with Crippen molar-refractivity contribution in [2.24, 2.45) is 0 Å². The molecule has 0 fully saturated rings. The number of aromatic nitrogens is 1. The van der Waals surface area contributed by atoms with Crippen molar-refractivity contribution in [3.63, 3.8) is 0 Å². The van der Waals surface area contributed by atoms with E-state index < -0.39 is 0 Å². The van der Waals surface area contributed by atoms with Crippen LogP contribution >= 0.6 is 15.9 Å². The van der Waals surface area contributed by atoms with E-state index in [9.17, 15) is 0 Å². The molecule has 0 saturated heterocycles. The first-order valence-electron chi connectivity index (χ1n) is 4.45. The molecule has 2 N–H and O–H groups in total. The van der Waals surface area contributed by atoms with Gasteiger partial charge in [-0.1, -0.05) is 35.8 Å². The van der Waals surface area contributed by atoms with Crippen molar-refractivity contribution in [2.45, 2.75) is 31.0 Å². The zero-order chi connectivity index (χ0) is 9.84. The van der Waals surface area contributed by atoms with Crippen LogP contribution in [-0.4, -0.2) is 9.81 Å². The van der Waals surface area contributed by atoms with E-state index in [1.54, 1.807) is 6.20 Å². The molecule has 0 aromatic carbocycles. The van der Waals surface area contributed by atoms with Gasteiger partial charge in [0.15, 0.2) is 0 Å². The van der Waals surface area contributed by atoms with Gasteiger partial charge in [-0.05, 0) is 24.0 Å². The van der Waals surface area contributed by atoms with Gasteiger partial charge in [0.25, 0.3) is 0 Å². The normalized spacial score (nSPS) is 15.3. The number of nitrogens with zero attached hydrogens (tertiary/aromatic N) is 1. The van der Waals surface area contributed by atoms with E-state index in [4.69, 9.17) is 5.73 Å². The predicted molar refractivity (Wildman–Crippen MR) is 60.1 cm³/mol. The van der Waals surface area contributed by atoms with Gasteiger partial charge < -0.3 is 5.73 Å². The van der Waals surface area contributed by atoms with E-state index in [-0.39, 0.29) is 0 Å². The SMILES string of the molecule is CC(Br)CC(C)c1cccnc1N. The van der Waals surface area contributed by atoms with Gasteiger partial charge in [0.1, 0.15) is 5.82 Å². The Balaban J connectivity index is 2.76. The van der Waals surface area contributed by atoms with Crippen LogP contribution in [0.2, 0.25) is 0 Å². The lowest BCUT2D eigenvalue weighted by Crippen LogP contribution is -2.04. The van der Waals surface area contributed by atoms with Crippen LogP contribution in [0.3, 0.4) is 0 Å². The van der Waals surface area contributed by atoms with E-state index in [0.717, 1.165) is 12.0 Å². The number of hydrogen-bond acceptors (Lipinski definition) is 2. The molecule has 2 unspecified atom stereocenters. The Hall–Kier alpha value is -0.570. The van der Waals surface area contributed by atoms with Crippen molar-refractivity contribution in [1.82, 2.24) is 4.98 Å². The minimum absolute atomic E-state index is 0.461. The topological polar surface area (TPSA) is 38.9 Å². The molecule has 2 nitrogen and oxygen atoms in total. The third-order valence-electron chi connectivity index (χ3n) is 2.08. The van der Waals surface area contributed by atoms with Crippen molar-refractivity contribution in [3.8, 4) is 0 Å². The molecule has 0 amide bonds. The van der Waals surface area contributed by atoms with Gasteiger partial charge in [-0.2, -0.15) is 0 Å². The molecule has 13 heavy (non-hydrogen) atoms. The van der Waals surface area contributed by atoms with Crippen LogP contribution in [0.4, 0.5) is 5.82 Å². The number of rotatable bonds is 3. The fourth-order valence-electron chi connectivity index (χ4n) is 1.46. The van der Waals surface area contributed by atoms with Crippen molar-refractivity contribution < 1.29 is 0 Å². The molecule has 0 aliphatic carbocycles. The summed E-state index contributed by atoms with van der Waals surface area (Å²) in [5, 5.41) is 0. The van der Waals surface area contributed by atoms with E-state index in [2.05, 4.69) is 34.8 Å². The number of pyridine rings is 1. The summed E-state index contributed by atoms with van der Waals surface area (Å²) in [6.45, 7) is 4.31. The Morgan fingerprint density at radius 3 is 2.77 bits per heavy atom. The predicted octanol–water partition coefficient (Wildman–Crippen LogP) is 2.94. The quantitative estimate of drug-likeness (QED) is 0.829. The summed E-state index contributed by atoms with van der Waals surface area (Å²) in [6, 6.07) is 3.98. The van der Waals surface area contributed by atoms with Crippen LogP contribution in [0, 0.1) is 0 Å². The lowest BCUT2D eigenvalue weighted by atomic mass is 9.97. The maximum Gasteiger partial charge on any atom is 0.126 e. The molecule has 72 valence electrons. The molecular formula is C10H15BrN2. The Morgan fingerprint density at radius 2 is 2.23 bits per heavy atom. The number of nitrogen functional groups attached to an aromatic ring is 1. The Labute approximate surface area is 87.7 Å². The fourth-order valence-corrected chi connectivity index (χ4v) is 2.02. The van der Waals surface area contributed by atoms with Gasteiger partial charge in [0.05, 0.1) is 0 Å². The molecule has 1 aromatic rings. The van der Waals surface area contributed by atoms with E-state index in [1.165, 1.54) is 0 Å². The first-order valence-corrected chi connectivity index (χ1v) is 5.37. The van der Waals surface area contributed by atoms with Gasteiger partial charge in [-0.3, -0.25) is 0 Å². The first kappa shape index (κ1) is 10.5. The average molecular weight is 243 g/mol. The second kappa shape index (κ2) is 4.61. The molecule has 0 radical (unpaired) electrons. The van der Waals surface area contributed by atoms with Crippen molar-refractivity contribution >= 4 is 21.7 Å². The van der Waals surface area contributed by atoms with Crippen LogP contribution in [0.1, 0.15) is 31.7 Å².